The molecule has 0 fully saturated rings. The molecule has 1 unspecified atom stereocenters. The molecule has 0 aliphatic carbocycles. The number of benzene rings is 2. The lowest BCUT2D eigenvalue weighted by Gasteiger charge is -2.31. The summed E-state index contributed by atoms with van der Waals surface area (Å²) in [4.78, 5) is 26.9. The summed E-state index contributed by atoms with van der Waals surface area (Å²) in [5.74, 6) is -1.17. The number of alkyl halides is 3. The van der Waals surface area contributed by atoms with Crippen LogP contribution in [0.3, 0.4) is 0 Å². The minimum absolute atomic E-state index is 0.0121. The van der Waals surface area contributed by atoms with Crippen molar-refractivity contribution in [2.24, 2.45) is 0 Å². The zero-order valence-corrected chi connectivity index (χ0v) is 19.3. The average Bonchev–Trinajstić information content (AvgIpc) is 2.74. The summed E-state index contributed by atoms with van der Waals surface area (Å²) in [6.45, 7) is 2.79. The summed E-state index contributed by atoms with van der Waals surface area (Å²) in [7, 11) is -4.12. The first kappa shape index (κ1) is 26.2. The van der Waals surface area contributed by atoms with E-state index in [-0.39, 0.29) is 12.2 Å². The lowest BCUT2D eigenvalue weighted by Crippen LogP contribution is -2.51. The Morgan fingerprint density at radius 1 is 1.06 bits per heavy atom. The Labute approximate surface area is 191 Å². The minimum atomic E-state index is -4.69. The Morgan fingerprint density at radius 2 is 1.70 bits per heavy atom. The van der Waals surface area contributed by atoms with Crippen LogP contribution in [0.4, 0.5) is 18.9 Å². The molecule has 0 aliphatic heterocycles. The summed E-state index contributed by atoms with van der Waals surface area (Å²) < 4.78 is 64.8. The molecule has 0 aromatic heterocycles. The number of anilines is 1. The number of amides is 2. The zero-order chi connectivity index (χ0) is 24.8. The van der Waals surface area contributed by atoms with Crippen molar-refractivity contribution in [3.05, 3.63) is 65.7 Å². The second-order valence-electron chi connectivity index (χ2n) is 7.40. The number of carbonyl (C=O) groups excluding carboxylic acids is 2. The number of sulfonamides is 1. The quantitative estimate of drug-likeness (QED) is 0.592. The van der Waals surface area contributed by atoms with E-state index in [1.807, 2.05) is 0 Å². The molecule has 1 atom stereocenters. The van der Waals surface area contributed by atoms with Crippen LogP contribution < -0.4 is 9.62 Å². The molecule has 33 heavy (non-hydrogen) atoms. The molecule has 2 aromatic carbocycles. The molecule has 0 saturated heterocycles. The third kappa shape index (κ3) is 7.21. The molecular formula is C22H26F3N3O4S. The summed E-state index contributed by atoms with van der Waals surface area (Å²) in [5, 5.41) is 2.62. The van der Waals surface area contributed by atoms with E-state index in [9.17, 15) is 31.2 Å². The molecule has 0 radical (unpaired) electrons. The highest BCUT2D eigenvalue weighted by molar-refractivity contribution is 7.92. The molecule has 0 heterocycles. The molecule has 0 saturated carbocycles. The Kier molecular flexibility index (Phi) is 8.48. The van der Waals surface area contributed by atoms with Crippen molar-refractivity contribution in [1.82, 2.24) is 10.2 Å². The molecule has 0 aliphatic rings. The molecule has 0 spiro atoms. The molecule has 2 amide bonds. The van der Waals surface area contributed by atoms with Crippen molar-refractivity contribution >= 4 is 27.5 Å². The largest absolute Gasteiger partial charge is 0.416 e. The Morgan fingerprint density at radius 3 is 2.24 bits per heavy atom. The van der Waals surface area contributed by atoms with Crippen LogP contribution in [-0.2, 0) is 32.3 Å². The molecule has 11 heteroatoms. The number of halogens is 3. The van der Waals surface area contributed by atoms with Gasteiger partial charge in [-0.15, -0.1) is 0 Å². The van der Waals surface area contributed by atoms with Crippen LogP contribution in [0.2, 0.25) is 0 Å². The van der Waals surface area contributed by atoms with Crippen molar-refractivity contribution in [3.63, 3.8) is 0 Å². The number of carbonyl (C=O) groups is 2. The van der Waals surface area contributed by atoms with E-state index in [2.05, 4.69) is 5.32 Å². The van der Waals surface area contributed by atoms with Crippen molar-refractivity contribution < 1.29 is 31.2 Å². The van der Waals surface area contributed by atoms with E-state index < -0.39 is 46.2 Å². The Balaban J connectivity index is 2.41. The fraction of sp³-hybridized carbons (Fsp3) is 0.364. The van der Waals surface area contributed by atoms with Gasteiger partial charge in [-0.2, -0.15) is 13.2 Å². The van der Waals surface area contributed by atoms with E-state index >= 15 is 0 Å². The zero-order valence-electron chi connectivity index (χ0n) is 18.5. The predicted molar refractivity (Wildman–Crippen MR) is 119 cm³/mol. The van der Waals surface area contributed by atoms with Gasteiger partial charge in [-0.05, 0) is 37.6 Å². The topological polar surface area (TPSA) is 86.8 Å². The molecule has 2 aromatic rings. The molecule has 2 rings (SSSR count). The van der Waals surface area contributed by atoms with Gasteiger partial charge in [0.15, 0.2) is 0 Å². The van der Waals surface area contributed by atoms with Crippen LogP contribution >= 0.6 is 0 Å². The highest BCUT2D eigenvalue weighted by Crippen LogP contribution is 2.32. The molecule has 1 N–H and O–H groups in total. The predicted octanol–water partition coefficient (Wildman–Crippen LogP) is 3.02. The fourth-order valence-electron chi connectivity index (χ4n) is 3.14. The Hall–Kier alpha value is -3.08. The number of likely N-dealkylation sites (N-methyl/N-ethyl adjacent to an activating group) is 1. The minimum Gasteiger partial charge on any atom is -0.355 e. The normalized spacial score (nSPS) is 12.7. The van der Waals surface area contributed by atoms with Crippen LogP contribution in [0.25, 0.3) is 0 Å². The number of hydrogen-bond acceptors (Lipinski definition) is 4. The van der Waals surface area contributed by atoms with Gasteiger partial charge in [0.25, 0.3) is 0 Å². The van der Waals surface area contributed by atoms with Crippen molar-refractivity contribution in [1.29, 1.82) is 0 Å². The summed E-state index contributed by atoms with van der Waals surface area (Å²) in [6, 6.07) is 11.5. The number of nitrogens with zero attached hydrogens (tertiary/aromatic N) is 2. The maximum absolute atomic E-state index is 13.2. The SMILES string of the molecule is CCNC(=O)C(C)N(Cc1ccccc1)C(=O)CN(c1cccc(C(F)(F)F)c1)S(C)(=O)=O. The van der Waals surface area contributed by atoms with E-state index in [0.29, 0.717) is 22.5 Å². The Bertz CT molecular complexity index is 1080. The summed E-state index contributed by atoms with van der Waals surface area (Å²) in [5.41, 5.74) is -0.643. The maximum atomic E-state index is 13.2. The lowest BCUT2D eigenvalue weighted by atomic mass is 10.1. The van der Waals surface area contributed by atoms with Crippen LogP contribution in [0.15, 0.2) is 54.6 Å². The highest BCUT2D eigenvalue weighted by atomic mass is 32.2. The average molecular weight is 486 g/mol. The summed E-state index contributed by atoms with van der Waals surface area (Å²) in [6.07, 6.45) is -3.88. The molecular weight excluding hydrogens is 459 g/mol. The monoisotopic (exact) mass is 485 g/mol. The third-order valence-corrected chi connectivity index (χ3v) is 6.00. The highest BCUT2D eigenvalue weighted by Gasteiger charge is 2.33. The maximum Gasteiger partial charge on any atom is 0.416 e. The standard InChI is InChI=1S/C22H26F3N3O4S/c1-4-26-21(30)16(2)27(14-17-9-6-5-7-10-17)20(29)15-28(33(3,31)32)19-12-8-11-18(13-19)22(23,24)25/h5-13,16H,4,14-15H2,1-3H3,(H,26,30). The third-order valence-electron chi connectivity index (χ3n) is 4.85. The van der Waals surface area contributed by atoms with Gasteiger partial charge in [0.2, 0.25) is 21.8 Å². The van der Waals surface area contributed by atoms with Gasteiger partial charge in [-0.25, -0.2) is 8.42 Å². The van der Waals surface area contributed by atoms with E-state index in [0.717, 1.165) is 18.4 Å². The van der Waals surface area contributed by atoms with Crippen molar-refractivity contribution in [3.8, 4) is 0 Å². The fourth-order valence-corrected chi connectivity index (χ4v) is 3.98. The lowest BCUT2D eigenvalue weighted by molar-refractivity contribution is -0.139. The number of hydrogen-bond donors (Lipinski definition) is 1. The molecule has 7 nitrogen and oxygen atoms in total. The van der Waals surface area contributed by atoms with Gasteiger partial charge < -0.3 is 10.2 Å². The molecule has 0 bridgehead atoms. The van der Waals surface area contributed by atoms with Crippen molar-refractivity contribution in [2.45, 2.75) is 32.6 Å². The van der Waals surface area contributed by atoms with Crippen LogP contribution in [-0.4, -0.2) is 50.5 Å². The molecule has 180 valence electrons. The first-order valence-corrected chi connectivity index (χ1v) is 12.0. The van der Waals surface area contributed by atoms with Gasteiger partial charge in [-0.1, -0.05) is 36.4 Å². The second kappa shape index (κ2) is 10.7. The first-order chi connectivity index (χ1) is 15.3. The van der Waals surface area contributed by atoms with Gasteiger partial charge in [-0.3, -0.25) is 13.9 Å². The van der Waals surface area contributed by atoms with Crippen LogP contribution in [0.5, 0.6) is 0 Å². The van der Waals surface area contributed by atoms with E-state index in [4.69, 9.17) is 0 Å². The summed E-state index contributed by atoms with van der Waals surface area (Å²) >= 11 is 0. The van der Waals surface area contributed by atoms with E-state index in [1.54, 1.807) is 37.3 Å². The van der Waals surface area contributed by atoms with Crippen LogP contribution in [0, 0.1) is 0 Å². The van der Waals surface area contributed by atoms with Crippen LogP contribution in [0.1, 0.15) is 25.0 Å². The van der Waals surface area contributed by atoms with Gasteiger partial charge in [0, 0.05) is 13.1 Å². The first-order valence-electron chi connectivity index (χ1n) is 10.1. The van der Waals surface area contributed by atoms with Gasteiger partial charge in [0.05, 0.1) is 17.5 Å². The number of rotatable bonds is 9. The van der Waals surface area contributed by atoms with Gasteiger partial charge >= 0.3 is 6.18 Å². The number of nitrogens with one attached hydrogen (secondary N) is 1. The second-order valence-corrected chi connectivity index (χ2v) is 9.30. The smallest absolute Gasteiger partial charge is 0.355 e. The van der Waals surface area contributed by atoms with E-state index in [1.165, 1.54) is 17.9 Å². The van der Waals surface area contributed by atoms with Crippen molar-refractivity contribution in [2.75, 3.05) is 23.7 Å². The van der Waals surface area contributed by atoms with Gasteiger partial charge in [0.1, 0.15) is 12.6 Å².